The van der Waals surface area contributed by atoms with Gasteiger partial charge in [-0.25, -0.2) is 4.79 Å². The molecular formula is C10H11F9O3. The summed E-state index contributed by atoms with van der Waals surface area (Å²) in [6, 6.07) is 0. The van der Waals surface area contributed by atoms with E-state index in [9.17, 15) is 44.3 Å². The fourth-order valence-corrected chi connectivity index (χ4v) is 1.38. The molecule has 1 saturated heterocycles. The van der Waals surface area contributed by atoms with Crippen molar-refractivity contribution in [3.05, 3.63) is 0 Å². The minimum Gasteiger partial charge on any atom is -0.427 e. The summed E-state index contributed by atoms with van der Waals surface area (Å²) in [4.78, 5) is 10.5. The van der Waals surface area contributed by atoms with Gasteiger partial charge in [-0.3, -0.25) is 0 Å². The van der Waals surface area contributed by atoms with Crippen LogP contribution in [-0.2, 0) is 9.47 Å². The largest absolute Gasteiger partial charge is 0.509 e. The molecule has 0 aromatic carbocycles. The first-order valence-electron chi connectivity index (χ1n) is 5.73. The molecular weight excluding hydrogens is 339 g/mol. The van der Waals surface area contributed by atoms with Crippen LogP contribution < -0.4 is 0 Å². The van der Waals surface area contributed by atoms with Crippen molar-refractivity contribution in [3.63, 3.8) is 0 Å². The molecule has 0 radical (unpaired) electrons. The smallest absolute Gasteiger partial charge is 0.427 e. The maximum absolute atomic E-state index is 13.3. The van der Waals surface area contributed by atoms with Gasteiger partial charge in [-0.1, -0.05) is 13.8 Å². The van der Waals surface area contributed by atoms with Crippen molar-refractivity contribution in [2.24, 2.45) is 0 Å². The second-order valence-corrected chi connectivity index (χ2v) is 3.88. The zero-order valence-corrected chi connectivity index (χ0v) is 11.3. The maximum atomic E-state index is 13.3. The van der Waals surface area contributed by atoms with Crippen molar-refractivity contribution in [3.8, 4) is 0 Å². The van der Waals surface area contributed by atoms with E-state index in [0.717, 1.165) is 0 Å². The molecule has 1 rings (SSSR count). The van der Waals surface area contributed by atoms with E-state index < -0.39 is 42.3 Å². The van der Waals surface area contributed by atoms with Crippen molar-refractivity contribution >= 4 is 6.16 Å². The van der Waals surface area contributed by atoms with E-state index in [-0.39, 0.29) is 0 Å². The average Bonchev–Trinajstić information content (AvgIpc) is 2.69. The summed E-state index contributed by atoms with van der Waals surface area (Å²) in [5.74, 6) is -19.9. The SMILES string of the molecule is CC.CC1OC(=O)OC1C(F)(F)C(F)(F)C(F)(F)C(F)(F)F. The lowest BCUT2D eigenvalue weighted by atomic mass is 9.96. The molecule has 12 heteroatoms. The van der Waals surface area contributed by atoms with Crippen LogP contribution in [0.25, 0.3) is 0 Å². The summed E-state index contributed by atoms with van der Waals surface area (Å²) in [5, 5.41) is 0. The minimum absolute atomic E-state index is 0.575. The van der Waals surface area contributed by atoms with E-state index in [0.29, 0.717) is 6.92 Å². The predicted molar refractivity (Wildman–Crippen MR) is 53.1 cm³/mol. The molecule has 1 aliphatic rings. The Morgan fingerprint density at radius 1 is 0.818 bits per heavy atom. The van der Waals surface area contributed by atoms with Crippen LogP contribution in [0.5, 0.6) is 0 Å². The molecule has 0 amide bonds. The number of alkyl halides is 9. The van der Waals surface area contributed by atoms with E-state index >= 15 is 0 Å². The van der Waals surface area contributed by atoms with Gasteiger partial charge in [-0.05, 0) is 6.92 Å². The number of rotatable bonds is 3. The standard InChI is InChI=1S/C8H5F9O3.C2H6/c1-2-3(20-4(18)19-2)5(9,10)6(11,12)7(13,14)8(15,16)17;1-2/h2-3H,1H3;1-2H3. The lowest BCUT2D eigenvalue weighted by Gasteiger charge is -2.35. The summed E-state index contributed by atoms with van der Waals surface area (Å²) >= 11 is 0. The van der Waals surface area contributed by atoms with Gasteiger partial charge in [0.05, 0.1) is 0 Å². The Labute approximate surface area is 118 Å². The Morgan fingerprint density at radius 2 is 1.23 bits per heavy atom. The molecule has 0 saturated carbocycles. The third-order valence-corrected chi connectivity index (χ3v) is 2.46. The van der Waals surface area contributed by atoms with Crippen LogP contribution in [0, 0.1) is 0 Å². The number of cyclic esters (lactones) is 2. The van der Waals surface area contributed by atoms with Gasteiger partial charge in [0.2, 0.25) is 6.10 Å². The fraction of sp³-hybridized carbons (Fsp3) is 0.900. The Bertz CT molecular complexity index is 405. The molecule has 2 unspecified atom stereocenters. The molecule has 1 aliphatic heterocycles. The van der Waals surface area contributed by atoms with Crippen LogP contribution in [0.4, 0.5) is 44.3 Å². The predicted octanol–water partition coefficient (Wildman–Crippen LogP) is 4.40. The van der Waals surface area contributed by atoms with Crippen molar-refractivity contribution in [2.75, 3.05) is 0 Å². The van der Waals surface area contributed by atoms with E-state index in [4.69, 9.17) is 0 Å². The summed E-state index contributed by atoms with van der Waals surface area (Å²) < 4.78 is 120. The molecule has 3 nitrogen and oxygen atoms in total. The van der Waals surface area contributed by atoms with E-state index in [1.54, 1.807) is 0 Å². The lowest BCUT2D eigenvalue weighted by Crippen LogP contribution is -2.65. The molecule has 1 fully saturated rings. The number of halogens is 9. The van der Waals surface area contributed by atoms with Crippen LogP contribution in [0.1, 0.15) is 20.8 Å². The third-order valence-electron chi connectivity index (χ3n) is 2.46. The molecule has 132 valence electrons. The first kappa shape index (κ1) is 20.6. The molecule has 22 heavy (non-hydrogen) atoms. The van der Waals surface area contributed by atoms with Crippen molar-refractivity contribution < 1.29 is 53.8 Å². The quantitative estimate of drug-likeness (QED) is 0.559. The molecule has 0 aromatic heterocycles. The second kappa shape index (κ2) is 6.03. The van der Waals surface area contributed by atoms with Gasteiger partial charge in [0, 0.05) is 0 Å². The average molecular weight is 350 g/mol. The van der Waals surface area contributed by atoms with Gasteiger partial charge >= 0.3 is 30.1 Å². The van der Waals surface area contributed by atoms with E-state index in [1.165, 1.54) is 0 Å². The number of hydrogen-bond donors (Lipinski definition) is 0. The van der Waals surface area contributed by atoms with Crippen LogP contribution in [0.3, 0.4) is 0 Å². The summed E-state index contributed by atoms with van der Waals surface area (Å²) in [5.41, 5.74) is 0. The highest BCUT2D eigenvalue weighted by Crippen LogP contribution is 2.55. The van der Waals surface area contributed by atoms with Gasteiger partial charge in [-0.15, -0.1) is 0 Å². The molecule has 1 heterocycles. The van der Waals surface area contributed by atoms with Crippen molar-refractivity contribution in [1.29, 1.82) is 0 Å². The molecule has 0 N–H and O–H groups in total. The normalized spacial score (nSPS) is 23.4. The van der Waals surface area contributed by atoms with Crippen molar-refractivity contribution in [2.45, 2.75) is 56.9 Å². The van der Waals surface area contributed by atoms with Crippen LogP contribution >= 0.6 is 0 Å². The van der Waals surface area contributed by atoms with Gasteiger partial charge < -0.3 is 9.47 Å². The van der Waals surface area contributed by atoms with E-state index in [1.807, 2.05) is 13.8 Å². The highest BCUT2D eigenvalue weighted by atomic mass is 19.4. The Hall–Kier alpha value is -1.36. The monoisotopic (exact) mass is 350 g/mol. The Balaban J connectivity index is 0.00000211. The first-order valence-corrected chi connectivity index (χ1v) is 5.73. The highest BCUT2D eigenvalue weighted by molar-refractivity contribution is 5.62. The number of carbonyl (C=O) groups is 1. The zero-order valence-electron chi connectivity index (χ0n) is 11.3. The molecule has 0 aliphatic carbocycles. The molecule has 2 atom stereocenters. The van der Waals surface area contributed by atoms with Gasteiger partial charge in [0.1, 0.15) is 6.10 Å². The summed E-state index contributed by atoms with van der Waals surface area (Å²) in [6.45, 7) is 4.57. The van der Waals surface area contributed by atoms with Crippen LogP contribution in [0.15, 0.2) is 0 Å². The maximum Gasteiger partial charge on any atom is 0.509 e. The zero-order chi connectivity index (χ0) is 18.1. The third kappa shape index (κ3) is 3.05. The lowest BCUT2D eigenvalue weighted by molar-refractivity contribution is -0.405. The Kier molecular flexibility index (Phi) is 5.66. The fourth-order valence-electron chi connectivity index (χ4n) is 1.38. The Morgan fingerprint density at radius 3 is 1.50 bits per heavy atom. The number of carbonyl (C=O) groups excluding carboxylic acids is 1. The number of hydrogen-bond acceptors (Lipinski definition) is 3. The highest BCUT2D eigenvalue weighted by Gasteiger charge is 2.84. The van der Waals surface area contributed by atoms with Crippen molar-refractivity contribution in [1.82, 2.24) is 0 Å². The molecule has 0 spiro atoms. The van der Waals surface area contributed by atoms with E-state index in [2.05, 4.69) is 9.47 Å². The molecule has 0 aromatic rings. The van der Waals surface area contributed by atoms with Gasteiger partial charge in [0.15, 0.2) is 0 Å². The second-order valence-electron chi connectivity index (χ2n) is 3.88. The van der Waals surface area contributed by atoms with Crippen LogP contribution in [0.2, 0.25) is 0 Å². The molecule has 0 bridgehead atoms. The summed E-state index contributed by atoms with van der Waals surface area (Å²) in [7, 11) is 0. The topological polar surface area (TPSA) is 35.5 Å². The first-order chi connectivity index (χ1) is 9.66. The number of ether oxygens (including phenoxy) is 2. The minimum atomic E-state index is -7.03. The van der Waals surface area contributed by atoms with Gasteiger partial charge in [-0.2, -0.15) is 39.5 Å². The van der Waals surface area contributed by atoms with Gasteiger partial charge in [0.25, 0.3) is 0 Å². The van der Waals surface area contributed by atoms with Crippen LogP contribution in [-0.4, -0.2) is 42.3 Å². The summed E-state index contributed by atoms with van der Waals surface area (Å²) in [6.07, 6.45) is -14.2.